The average Bonchev–Trinajstić information content (AvgIpc) is 2.48. The molecule has 0 amide bonds. The highest BCUT2D eigenvalue weighted by atomic mass is 16.5. The number of hydrogen-bond acceptors (Lipinski definition) is 5. The van der Waals surface area contributed by atoms with Gasteiger partial charge in [-0.15, -0.1) is 0 Å². The number of rotatable bonds is 15. The number of aliphatic hydroxyl groups is 1. The van der Waals surface area contributed by atoms with Crippen LogP contribution >= 0.6 is 0 Å². The highest BCUT2D eigenvalue weighted by molar-refractivity contribution is 4.85. The third-order valence-corrected chi connectivity index (χ3v) is 3.48. The molecule has 0 radical (unpaired) electrons. The lowest BCUT2D eigenvalue weighted by atomic mass is 9.91. The summed E-state index contributed by atoms with van der Waals surface area (Å²) in [5.41, 5.74) is -0.138. The van der Waals surface area contributed by atoms with Crippen molar-refractivity contribution in [1.29, 1.82) is 0 Å². The molecule has 0 aliphatic carbocycles. The molecule has 0 heterocycles. The molecular formula is C15H33NO4. The Balaban J connectivity index is 3.45. The molecule has 0 aliphatic heterocycles. The van der Waals surface area contributed by atoms with Gasteiger partial charge in [0.15, 0.2) is 0 Å². The van der Waals surface area contributed by atoms with Crippen LogP contribution in [0.3, 0.4) is 0 Å². The van der Waals surface area contributed by atoms with Crippen LogP contribution in [0.5, 0.6) is 0 Å². The summed E-state index contributed by atoms with van der Waals surface area (Å²) >= 11 is 0. The van der Waals surface area contributed by atoms with Gasteiger partial charge in [-0.3, -0.25) is 0 Å². The lowest BCUT2D eigenvalue weighted by molar-refractivity contribution is 0.0487. The first-order valence-electron chi connectivity index (χ1n) is 7.75. The van der Waals surface area contributed by atoms with Crippen LogP contribution < -0.4 is 5.32 Å². The second-order valence-electron chi connectivity index (χ2n) is 5.00. The van der Waals surface area contributed by atoms with Gasteiger partial charge in [0.1, 0.15) is 0 Å². The summed E-state index contributed by atoms with van der Waals surface area (Å²) in [4.78, 5) is 0. The maximum atomic E-state index is 9.52. The van der Waals surface area contributed by atoms with Crippen molar-refractivity contribution >= 4 is 0 Å². The van der Waals surface area contributed by atoms with E-state index in [9.17, 15) is 5.11 Å². The topological polar surface area (TPSA) is 60.0 Å². The molecule has 1 unspecified atom stereocenters. The Morgan fingerprint density at radius 2 is 1.60 bits per heavy atom. The number of methoxy groups -OCH3 is 1. The first-order valence-corrected chi connectivity index (χ1v) is 7.75. The molecule has 0 rings (SSSR count). The van der Waals surface area contributed by atoms with Crippen LogP contribution in [0.4, 0.5) is 0 Å². The molecule has 5 nitrogen and oxygen atoms in total. The summed E-state index contributed by atoms with van der Waals surface area (Å²) in [6.07, 6.45) is 3.75. The highest BCUT2D eigenvalue weighted by Gasteiger charge is 2.25. The standard InChI is InChI=1S/C15H33NO4/c1-4-15(14-17,16-5-2)8-6-9-19-10-7-11-20-13-12-18-3/h16-17H,4-14H2,1-3H3. The van der Waals surface area contributed by atoms with Gasteiger partial charge in [-0.25, -0.2) is 0 Å². The van der Waals surface area contributed by atoms with Gasteiger partial charge in [0.2, 0.25) is 0 Å². The molecule has 0 saturated carbocycles. The lowest BCUT2D eigenvalue weighted by Crippen LogP contribution is -2.48. The van der Waals surface area contributed by atoms with Crippen molar-refractivity contribution in [1.82, 2.24) is 5.32 Å². The van der Waals surface area contributed by atoms with Crippen molar-refractivity contribution in [2.45, 2.75) is 45.1 Å². The van der Waals surface area contributed by atoms with Gasteiger partial charge in [0.25, 0.3) is 0 Å². The minimum absolute atomic E-state index is 0.138. The zero-order valence-electron chi connectivity index (χ0n) is 13.5. The molecule has 122 valence electrons. The van der Waals surface area contributed by atoms with E-state index in [1.807, 2.05) is 0 Å². The average molecular weight is 291 g/mol. The Morgan fingerprint density at radius 3 is 2.15 bits per heavy atom. The van der Waals surface area contributed by atoms with Crippen LogP contribution in [0.25, 0.3) is 0 Å². The first-order chi connectivity index (χ1) is 9.74. The molecule has 20 heavy (non-hydrogen) atoms. The van der Waals surface area contributed by atoms with E-state index in [1.54, 1.807) is 7.11 Å². The van der Waals surface area contributed by atoms with E-state index in [-0.39, 0.29) is 12.1 Å². The Bertz CT molecular complexity index is 198. The van der Waals surface area contributed by atoms with Gasteiger partial charge in [-0.1, -0.05) is 13.8 Å². The summed E-state index contributed by atoms with van der Waals surface area (Å²) in [6.45, 7) is 8.73. The predicted octanol–water partition coefficient (Wildman–Crippen LogP) is 1.59. The van der Waals surface area contributed by atoms with Crippen molar-refractivity contribution in [3.05, 3.63) is 0 Å². The Kier molecular flexibility index (Phi) is 13.6. The van der Waals surface area contributed by atoms with Crippen LogP contribution in [-0.2, 0) is 14.2 Å². The SMILES string of the molecule is CCNC(CC)(CO)CCCOCCCOCCOC. The minimum Gasteiger partial charge on any atom is -0.394 e. The van der Waals surface area contributed by atoms with Gasteiger partial charge in [-0.2, -0.15) is 0 Å². The molecule has 5 heteroatoms. The molecule has 0 aromatic carbocycles. The molecule has 0 bridgehead atoms. The van der Waals surface area contributed by atoms with Crippen molar-refractivity contribution in [3.63, 3.8) is 0 Å². The van der Waals surface area contributed by atoms with Gasteiger partial charge in [-0.05, 0) is 32.2 Å². The van der Waals surface area contributed by atoms with Crippen molar-refractivity contribution in [2.75, 3.05) is 53.3 Å². The van der Waals surface area contributed by atoms with E-state index in [0.717, 1.165) is 52.0 Å². The molecule has 0 fully saturated rings. The second-order valence-corrected chi connectivity index (χ2v) is 5.00. The maximum Gasteiger partial charge on any atom is 0.0700 e. The highest BCUT2D eigenvalue weighted by Crippen LogP contribution is 2.16. The Morgan fingerprint density at radius 1 is 0.950 bits per heavy atom. The van der Waals surface area contributed by atoms with Crippen molar-refractivity contribution < 1.29 is 19.3 Å². The first kappa shape index (κ1) is 19.8. The Labute approximate surface area is 124 Å². The van der Waals surface area contributed by atoms with Gasteiger partial charge in [0, 0.05) is 32.5 Å². The van der Waals surface area contributed by atoms with Crippen LogP contribution in [0.1, 0.15) is 39.5 Å². The zero-order chi connectivity index (χ0) is 15.1. The summed E-state index contributed by atoms with van der Waals surface area (Å²) in [6, 6.07) is 0. The fraction of sp³-hybridized carbons (Fsp3) is 1.00. The molecule has 0 aromatic heterocycles. The van der Waals surface area contributed by atoms with E-state index in [1.165, 1.54) is 0 Å². The van der Waals surface area contributed by atoms with Crippen molar-refractivity contribution in [3.8, 4) is 0 Å². The Hall–Kier alpha value is -0.200. The van der Waals surface area contributed by atoms with E-state index >= 15 is 0 Å². The van der Waals surface area contributed by atoms with E-state index in [0.29, 0.717) is 13.2 Å². The quantitative estimate of drug-likeness (QED) is 0.449. The largest absolute Gasteiger partial charge is 0.394 e. The van der Waals surface area contributed by atoms with Gasteiger partial charge in [0.05, 0.1) is 19.8 Å². The fourth-order valence-corrected chi connectivity index (χ4v) is 2.13. The number of ether oxygens (including phenoxy) is 3. The smallest absolute Gasteiger partial charge is 0.0700 e. The fourth-order valence-electron chi connectivity index (χ4n) is 2.13. The van der Waals surface area contributed by atoms with Crippen molar-refractivity contribution in [2.24, 2.45) is 0 Å². The third-order valence-electron chi connectivity index (χ3n) is 3.48. The van der Waals surface area contributed by atoms with E-state index < -0.39 is 0 Å². The van der Waals surface area contributed by atoms with Crippen LogP contribution in [0.2, 0.25) is 0 Å². The van der Waals surface area contributed by atoms with Gasteiger partial charge < -0.3 is 24.6 Å². The number of nitrogens with one attached hydrogen (secondary N) is 1. The maximum absolute atomic E-state index is 9.52. The molecule has 1 atom stereocenters. The summed E-state index contributed by atoms with van der Waals surface area (Å²) in [7, 11) is 1.67. The normalized spacial score (nSPS) is 14.4. The number of aliphatic hydroxyl groups excluding tert-OH is 1. The third kappa shape index (κ3) is 9.66. The molecule has 0 saturated heterocycles. The van der Waals surface area contributed by atoms with Crippen LogP contribution in [0.15, 0.2) is 0 Å². The second kappa shape index (κ2) is 13.8. The summed E-state index contributed by atoms with van der Waals surface area (Å²) < 4.78 is 15.8. The van der Waals surface area contributed by atoms with Gasteiger partial charge >= 0.3 is 0 Å². The molecule has 0 aromatic rings. The predicted molar refractivity (Wildman–Crippen MR) is 81.1 cm³/mol. The molecule has 2 N–H and O–H groups in total. The molecule has 0 aliphatic rings. The van der Waals surface area contributed by atoms with Crippen LogP contribution in [0, 0.1) is 0 Å². The number of likely N-dealkylation sites (N-methyl/N-ethyl adjacent to an activating group) is 1. The monoisotopic (exact) mass is 291 g/mol. The lowest BCUT2D eigenvalue weighted by Gasteiger charge is -2.31. The minimum atomic E-state index is -0.138. The van der Waals surface area contributed by atoms with E-state index in [2.05, 4.69) is 19.2 Å². The number of hydrogen-bond donors (Lipinski definition) is 2. The van der Waals surface area contributed by atoms with Crippen LogP contribution in [-0.4, -0.2) is 63.9 Å². The molecular weight excluding hydrogens is 258 g/mol. The molecule has 0 spiro atoms. The van der Waals surface area contributed by atoms with E-state index in [4.69, 9.17) is 14.2 Å². The summed E-state index contributed by atoms with van der Waals surface area (Å²) in [5.74, 6) is 0. The summed E-state index contributed by atoms with van der Waals surface area (Å²) in [5, 5.41) is 12.9. The zero-order valence-corrected chi connectivity index (χ0v) is 13.5.